The van der Waals surface area contributed by atoms with Gasteiger partial charge in [0.1, 0.15) is 0 Å². The molecule has 1 aliphatic carbocycles. The number of benzene rings is 1. The number of fused-ring (bicyclic) bond motifs is 1. The third kappa shape index (κ3) is 5.34. The smallest absolute Gasteiger partial charge is 0.188 e. The van der Waals surface area contributed by atoms with E-state index in [1.54, 1.807) is 0 Å². The lowest BCUT2D eigenvalue weighted by Gasteiger charge is -2.23. The van der Waals surface area contributed by atoms with E-state index in [4.69, 9.17) is 5.73 Å². The van der Waals surface area contributed by atoms with Crippen LogP contribution in [0.3, 0.4) is 0 Å². The fraction of sp³-hybridized carbons (Fsp3) is 0.444. The van der Waals surface area contributed by atoms with Crippen LogP contribution in [0.4, 0.5) is 0 Å². The second-order valence-electron chi connectivity index (χ2n) is 5.99. The van der Waals surface area contributed by atoms with Gasteiger partial charge in [-0.25, -0.2) is 0 Å². The van der Waals surface area contributed by atoms with Crippen molar-refractivity contribution >= 4 is 40.8 Å². The van der Waals surface area contributed by atoms with E-state index in [0.29, 0.717) is 18.5 Å². The zero-order chi connectivity index (χ0) is 15.2. The van der Waals surface area contributed by atoms with Crippen molar-refractivity contribution in [2.24, 2.45) is 10.7 Å². The Kier molecular flexibility index (Phi) is 7.08. The predicted molar refractivity (Wildman–Crippen MR) is 107 cm³/mol. The Morgan fingerprint density at radius 1 is 1.13 bits per heavy atom. The predicted octanol–water partition coefficient (Wildman–Crippen LogP) is 3.63. The van der Waals surface area contributed by atoms with Crippen molar-refractivity contribution in [3.05, 3.63) is 42.1 Å². The van der Waals surface area contributed by atoms with Crippen molar-refractivity contribution in [2.45, 2.75) is 44.6 Å². The van der Waals surface area contributed by atoms with Crippen LogP contribution in [0.25, 0.3) is 10.9 Å². The summed E-state index contributed by atoms with van der Waals surface area (Å²) in [6, 6.07) is 12.9. The van der Waals surface area contributed by atoms with E-state index in [2.05, 4.69) is 33.5 Å². The molecule has 5 heteroatoms. The third-order valence-corrected chi connectivity index (χ3v) is 4.26. The van der Waals surface area contributed by atoms with E-state index in [1.165, 1.54) is 37.5 Å². The van der Waals surface area contributed by atoms with Gasteiger partial charge in [-0.15, -0.1) is 24.0 Å². The maximum absolute atomic E-state index is 5.98. The average Bonchev–Trinajstić information content (AvgIpc) is 2.55. The summed E-state index contributed by atoms with van der Waals surface area (Å²) in [5.41, 5.74) is 8.08. The Balaban J connectivity index is 0.00000192. The summed E-state index contributed by atoms with van der Waals surface area (Å²) in [6.45, 7) is 0.677. The number of aliphatic imine (C=N–C) groups is 1. The number of hydrogen-bond donors (Lipinski definition) is 2. The molecule has 3 N–H and O–H groups in total. The maximum atomic E-state index is 5.98. The number of hydrogen-bond acceptors (Lipinski definition) is 2. The fourth-order valence-electron chi connectivity index (χ4n) is 3.04. The van der Waals surface area contributed by atoms with Gasteiger partial charge in [-0.05, 0) is 25.0 Å². The molecule has 0 amide bonds. The van der Waals surface area contributed by atoms with Crippen LogP contribution in [0.2, 0.25) is 0 Å². The van der Waals surface area contributed by atoms with Crippen LogP contribution in [-0.2, 0) is 6.42 Å². The number of para-hydroxylation sites is 1. The zero-order valence-corrected chi connectivity index (χ0v) is 15.7. The molecule has 0 radical (unpaired) electrons. The van der Waals surface area contributed by atoms with Crippen molar-refractivity contribution in [1.82, 2.24) is 10.3 Å². The average molecular weight is 424 g/mol. The topological polar surface area (TPSA) is 63.3 Å². The summed E-state index contributed by atoms with van der Waals surface area (Å²) in [6.07, 6.45) is 7.18. The van der Waals surface area contributed by atoms with Gasteiger partial charge in [-0.1, -0.05) is 43.5 Å². The van der Waals surface area contributed by atoms with E-state index in [1.807, 2.05) is 18.2 Å². The minimum atomic E-state index is 0. The van der Waals surface area contributed by atoms with Gasteiger partial charge >= 0.3 is 0 Å². The number of nitrogens with two attached hydrogens (primary N) is 1. The number of nitrogens with zero attached hydrogens (tertiary/aromatic N) is 2. The molecular formula is C18H25IN4. The van der Waals surface area contributed by atoms with Crippen molar-refractivity contribution < 1.29 is 0 Å². The van der Waals surface area contributed by atoms with Gasteiger partial charge in [-0.3, -0.25) is 9.98 Å². The van der Waals surface area contributed by atoms with Crippen LogP contribution in [0.15, 0.2) is 41.4 Å². The highest BCUT2D eigenvalue weighted by Gasteiger charge is 2.13. The molecule has 1 aromatic heterocycles. The van der Waals surface area contributed by atoms with Crippen LogP contribution in [0.1, 0.15) is 37.8 Å². The minimum absolute atomic E-state index is 0. The van der Waals surface area contributed by atoms with Gasteiger partial charge in [0.15, 0.2) is 5.96 Å². The number of guanidine groups is 1. The molecule has 3 rings (SSSR count). The largest absolute Gasteiger partial charge is 0.370 e. The first-order chi connectivity index (χ1) is 10.8. The highest BCUT2D eigenvalue weighted by molar-refractivity contribution is 14.0. The number of pyridine rings is 1. The standard InChI is InChI=1S/C18H24N4.HI/c19-18(22-15-7-2-1-3-8-15)20-13-12-16-11-10-14-6-4-5-9-17(14)21-16;/h4-6,9-11,15H,1-3,7-8,12-13H2,(H3,19,20,22);1H. The molecule has 0 atom stereocenters. The molecule has 0 saturated heterocycles. The Morgan fingerprint density at radius 2 is 1.91 bits per heavy atom. The lowest BCUT2D eigenvalue weighted by atomic mass is 9.96. The first-order valence-electron chi connectivity index (χ1n) is 8.22. The van der Waals surface area contributed by atoms with Gasteiger partial charge < -0.3 is 11.1 Å². The van der Waals surface area contributed by atoms with Crippen LogP contribution in [-0.4, -0.2) is 23.5 Å². The second kappa shape index (κ2) is 9.05. The van der Waals surface area contributed by atoms with Crippen molar-refractivity contribution in [1.29, 1.82) is 0 Å². The molecule has 0 unspecified atom stereocenters. The van der Waals surface area contributed by atoms with E-state index in [0.717, 1.165) is 17.6 Å². The fourth-order valence-corrected chi connectivity index (χ4v) is 3.04. The lowest BCUT2D eigenvalue weighted by molar-refractivity contribution is 0.412. The van der Waals surface area contributed by atoms with Crippen molar-refractivity contribution in [2.75, 3.05) is 6.54 Å². The van der Waals surface area contributed by atoms with Crippen LogP contribution < -0.4 is 11.1 Å². The normalized spacial score (nSPS) is 16.1. The summed E-state index contributed by atoms with van der Waals surface area (Å²) < 4.78 is 0. The SMILES string of the molecule is I.NC(=NCCc1ccc2ccccc2n1)NC1CCCCC1. The molecule has 1 saturated carbocycles. The Morgan fingerprint density at radius 3 is 2.74 bits per heavy atom. The lowest BCUT2D eigenvalue weighted by Crippen LogP contribution is -2.41. The quantitative estimate of drug-likeness (QED) is 0.448. The van der Waals surface area contributed by atoms with Gasteiger partial charge in [0.2, 0.25) is 0 Å². The van der Waals surface area contributed by atoms with Gasteiger partial charge in [0, 0.05) is 30.1 Å². The molecule has 4 nitrogen and oxygen atoms in total. The molecule has 1 fully saturated rings. The Hall–Kier alpha value is -1.37. The molecule has 1 aromatic carbocycles. The summed E-state index contributed by atoms with van der Waals surface area (Å²) in [5, 5.41) is 4.52. The highest BCUT2D eigenvalue weighted by atomic mass is 127. The van der Waals surface area contributed by atoms with Crippen molar-refractivity contribution in [3.63, 3.8) is 0 Å². The minimum Gasteiger partial charge on any atom is -0.370 e. The molecule has 0 aliphatic heterocycles. The van der Waals surface area contributed by atoms with Gasteiger partial charge in [-0.2, -0.15) is 0 Å². The Labute approximate surface area is 155 Å². The molecule has 0 spiro atoms. The molecule has 124 valence electrons. The van der Waals surface area contributed by atoms with E-state index in [-0.39, 0.29) is 24.0 Å². The van der Waals surface area contributed by atoms with Crippen LogP contribution in [0.5, 0.6) is 0 Å². The number of aromatic nitrogens is 1. The van der Waals surface area contributed by atoms with Crippen LogP contribution in [0, 0.1) is 0 Å². The first-order valence-corrected chi connectivity index (χ1v) is 8.22. The molecule has 1 heterocycles. The second-order valence-corrected chi connectivity index (χ2v) is 5.99. The Bertz CT molecular complexity index is 650. The van der Waals surface area contributed by atoms with Crippen molar-refractivity contribution in [3.8, 4) is 0 Å². The first kappa shape index (κ1) is 18.0. The zero-order valence-electron chi connectivity index (χ0n) is 13.4. The monoisotopic (exact) mass is 424 g/mol. The maximum Gasteiger partial charge on any atom is 0.188 e. The van der Waals surface area contributed by atoms with Gasteiger partial charge in [0.05, 0.1) is 5.52 Å². The third-order valence-electron chi connectivity index (χ3n) is 4.26. The summed E-state index contributed by atoms with van der Waals surface area (Å²) in [7, 11) is 0. The summed E-state index contributed by atoms with van der Waals surface area (Å²) in [5.74, 6) is 0.577. The highest BCUT2D eigenvalue weighted by Crippen LogP contribution is 2.17. The number of nitrogens with one attached hydrogen (secondary N) is 1. The van der Waals surface area contributed by atoms with Gasteiger partial charge in [0.25, 0.3) is 0 Å². The van der Waals surface area contributed by atoms with Crippen LogP contribution >= 0.6 is 24.0 Å². The molecule has 0 bridgehead atoms. The molecule has 2 aromatic rings. The van der Waals surface area contributed by atoms with E-state index >= 15 is 0 Å². The van der Waals surface area contributed by atoms with E-state index in [9.17, 15) is 0 Å². The number of halogens is 1. The summed E-state index contributed by atoms with van der Waals surface area (Å²) in [4.78, 5) is 9.09. The molecule has 1 aliphatic rings. The number of rotatable bonds is 4. The molecular weight excluding hydrogens is 399 g/mol. The summed E-state index contributed by atoms with van der Waals surface area (Å²) >= 11 is 0. The molecule has 23 heavy (non-hydrogen) atoms. The van der Waals surface area contributed by atoms with E-state index < -0.39 is 0 Å².